The Kier molecular flexibility index (Phi) is 4.88. The van der Waals surface area contributed by atoms with E-state index in [0.29, 0.717) is 12.4 Å². The molecule has 0 aliphatic heterocycles. The molecule has 18 heavy (non-hydrogen) atoms. The number of amides is 1. The van der Waals surface area contributed by atoms with Crippen molar-refractivity contribution in [3.05, 3.63) is 12.4 Å². The zero-order valence-corrected chi connectivity index (χ0v) is 11.2. The van der Waals surface area contributed by atoms with E-state index in [1.54, 1.807) is 13.8 Å². The van der Waals surface area contributed by atoms with Gasteiger partial charge in [0.2, 0.25) is 5.91 Å². The molecule has 0 aromatic carbocycles. The van der Waals surface area contributed by atoms with Gasteiger partial charge < -0.3 is 16.4 Å². The summed E-state index contributed by atoms with van der Waals surface area (Å²) in [7, 11) is 0. The number of anilines is 2. The lowest BCUT2D eigenvalue weighted by Crippen LogP contribution is -2.37. The summed E-state index contributed by atoms with van der Waals surface area (Å²) >= 11 is 0. The van der Waals surface area contributed by atoms with E-state index in [2.05, 4.69) is 27.5 Å². The molecule has 0 unspecified atom stereocenters. The zero-order chi connectivity index (χ0) is 13.6. The fourth-order valence-corrected chi connectivity index (χ4v) is 1.20. The number of nitrogens with zero attached hydrogens (tertiary/aromatic N) is 2. The van der Waals surface area contributed by atoms with Crippen molar-refractivity contribution in [2.24, 2.45) is 11.1 Å². The van der Waals surface area contributed by atoms with Crippen LogP contribution in [0, 0.1) is 5.41 Å². The summed E-state index contributed by atoms with van der Waals surface area (Å²) in [5.74, 6) is 1.11. The van der Waals surface area contributed by atoms with E-state index < -0.39 is 5.41 Å². The summed E-state index contributed by atoms with van der Waals surface area (Å²) in [6.07, 6.45) is 2.51. The summed E-state index contributed by atoms with van der Waals surface area (Å²) in [5, 5.41) is 6.26. The van der Waals surface area contributed by atoms with Gasteiger partial charge in [-0.05, 0) is 20.3 Å². The van der Waals surface area contributed by atoms with Gasteiger partial charge in [0.15, 0.2) is 0 Å². The minimum atomic E-state index is -0.609. The Morgan fingerprint density at radius 1 is 1.33 bits per heavy atom. The summed E-state index contributed by atoms with van der Waals surface area (Å²) in [6.45, 7) is 6.97. The maximum atomic E-state index is 11.2. The van der Waals surface area contributed by atoms with Crippen LogP contribution in [0.1, 0.15) is 27.2 Å². The van der Waals surface area contributed by atoms with E-state index >= 15 is 0 Å². The Morgan fingerprint density at radius 3 is 2.50 bits per heavy atom. The van der Waals surface area contributed by atoms with Gasteiger partial charge in [-0.2, -0.15) is 0 Å². The van der Waals surface area contributed by atoms with Gasteiger partial charge in [-0.15, -0.1) is 0 Å². The largest absolute Gasteiger partial charge is 0.370 e. The molecule has 0 radical (unpaired) electrons. The molecule has 0 saturated heterocycles. The second-order valence-corrected chi connectivity index (χ2v) is 4.82. The number of primary amides is 1. The lowest BCUT2D eigenvalue weighted by molar-refractivity contribution is -0.125. The first-order chi connectivity index (χ1) is 8.45. The highest BCUT2D eigenvalue weighted by molar-refractivity contribution is 5.80. The maximum absolute atomic E-state index is 11.2. The quantitative estimate of drug-likeness (QED) is 0.677. The van der Waals surface area contributed by atoms with Crippen LogP contribution in [0.15, 0.2) is 12.4 Å². The number of carbonyl (C=O) groups is 1. The van der Waals surface area contributed by atoms with Gasteiger partial charge in [0.25, 0.3) is 0 Å². The number of carbonyl (C=O) groups excluding carboxylic acids is 1. The van der Waals surface area contributed by atoms with Crippen molar-refractivity contribution < 1.29 is 4.79 Å². The SMILES string of the molecule is CCCNc1cc(NCC(C)(C)C(N)=O)ncn1. The van der Waals surface area contributed by atoms with E-state index in [1.807, 2.05) is 6.07 Å². The molecule has 1 aromatic rings. The Bertz CT molecular complexity index is 405. The molecule has 1 aromatic heterocycles. The topological polar surface area (TPSA) is 92.9 Å². The van der Waals surface area contributed by atoms with Crippen molar-refractivity contribution in [1.82, 2.24) is 9.97 Å². The molecule has 1 heterocycles. The average molecular weight is 251 g/mol. The van der Waals surface area contributed by atoms with Crippen molar-refractivity contribution >= 4 is 17.5 Å². The highest BCUT2D eigenvalue weighted by Gasteiger charge is 2.24. The van der Waals surface area contributed by atoms with E-state index in [9.17, 15) is 4.79 Å². The number of nitrogens with two attached hydrogens (primary N) is 1. The van der Waals surface area contributed by atoms with Gasteiger partial charge in [-0.1, -0.05) is 6.92 Å². The molecule has 0 bridgehead atoms. The highest BCUT2D eigenvalue weighted by atomic mass is 16.1. The van der Waals surface area contributed by atoms with Crippen molar-refractivity contribution in [1.29, 1.82) is 0 Å². The van der Waals surface area contributed by atoms with Crippen LogP contribution in [-0.2, 0) is 4.79 Å². The van der Waals surface area contributed by atoms with E-state index in [4.69, 9.17) is 5.73 Å². The number of nitrogens with one attached hydrogen (secondary N) is 2. The Balaban J connectivity index is 2.60. The van der Waals surface area contributed by atoms with Crippen molar-refractivity contribution in [3.63, 3.8) is 0 Å². The number of hydrogen-bond acceptors (Lipinski definition) is 5. The fourth-order valence-electron chi connectivity index (χ4n) is 1.20. The molecule has 6 nitrogen and oxygen atoms in total. The molecule has 0 saturated carbocycles. The lowest BCUT2D eigenvalue weighted by Gasteiger charge is -2.21. The van der Waals surface area contributed by atoms with Crippen LogP contribution in [0.2, 0.25) is 0 Å². The minimum Gasteiger partial charge on any atom is -0.370 e. The molecule has 0 atom stereocenters. The minimum absolute atomic E-state index is 0.339. The Hall–Kier alpha value is -1.85. The second-order valence-electron chi connectivity index (χ2n) is 4.82. The van der Waals surface area contributed by atoms with Gasteiger partial charge in [-0.3, -0.25) is 4.79 Å². The maximum Gasteiger partial charge on any atom is 0.224 e. The summed E-state index contributed by atoms with van der Waals surface area (Å²) < 4.78 is 0. The lowest BCUT2D eigenvalue weighted by atomic mass is 9.93. The fraction of sp³-hybridized carbons (Fsp3) is 0.583. The normalized spacial score (nSPS) is 11.1. The van der Waals surface area contributed by atoms with Crippen LogP contribution < -0.4 is 16.4 Å². The molecule has 4 N–H and O–H groups in total. The van der Waals surface area contributed by atoms with Crippen LogP contribution >= 0.6 is 0 Å². The molecule has 0 spiro atoms. The van der Waals surface area contributed by atoms with E-state index in [-0.39, 0.29) is 5.91 Å². The van der Waals surface area contributed by atoms with Crippen LogP contribution in [-0.4, -0.2) is 29.0 Å². The first kappa shape index (κ1) is 14.2. The van der Waals surface area contributed by atoms with Crippen LogP contribution in [0.4, 0.5) is 11.6 Å². The van der Waals surface area contributed by atoms with Gasteiger partial charge in [0.05, 0.1) is 5.41 Å². The molecule has 100 valence electrons. The predicted octanol–water partition coefficient (Wildman–Crippen LogP) is 1.22. The Morgan fingerprint density at radius 2 is 1.94 bits per heavy atom. The van der Waals surface area contributed by atoms with Gasteiger partial charge in [0, 0.05) is 19.2 Å². The molecular formula is C12H21N5O. The van der Waals surface area contributed by atoms with Crippen LogP contribution in [0.3, 0.4) is 0 Å². The third-order valence-corrected chi connectivity index (χ3v) is 2.60. The molecule has 0 aliphatic rings. The molecule has 1 rings (SSSR count). The standard InChI is InChI=1S/C12H21N5O/c1-4-5-14-9-6-10(17-8-16-9)15-7-12(2,3)11(13)18/h6,8H,4-5,7H2,1-3H3,(H2,13,18)(H2,14,15,16,17). The van der Waals surface area contributed by atoms with Gasteiger partial charge in [-0.25, -0.2) is 9.97 Å². The molecule has 6 heteroatoms. The highest BCUT2D eigenvalue weighted by Crippen LogP contribution is 2.16. The zero-order valence-electron chi connectivity index (χ0n) is 11.2. The average Bonchev–Trinajstić information content (AvgIpc) is 2.34. The van der Waals surface area contributed by atoms with E-state index in [0.717, 1.165) is 18.8 Å². The van der Waals surface area contributed by atoms with Crippen molar-refractivity contribution in [3.8, 4) is 0 Å². The first-order valence-corrected chi connectivity index (χ1v) is 6.05. The molecular weight excluding hydrogens is 230 g/mol. The Labute approximate surface area is 107 Å². The predicted molar refractivity (Wildman–Crippen MR) is 72.3 cm³/mol. The third-order valence-electron chi connectivity index (χ3n) is 2.60. The van der Waals surface area contributed by atoms with Gasteiger partial charge in [0.1, 0.15) is 18.0 Å². The van der Waals surface area contributed by atoms with E-state index in [1.165, 1.54) is 6.33 Å². The number of rotatable bonds is 7. The number of hydrogen-bond donors (Lipinski definition) is 3. The number of aromatic nitrogens is 2. The molecule has 1 amide bonds. The van der Waals surface area contributed by atoms with Crippen molar-refractivity contribution in [2.75, 3.05) is 23.7 Å². The monoisotopic (exact) mass is 251 g/mol. The smallest absolute Gasteiger partial charge is 0.224 e. The molecule has 0 aliphatic carbocycles. The molecule has 0 fully saturated rings. The van der Waals surface area contributed by atoms with Gasteiger partial charge >= 0.3 is 0 Å². The first-order valence-electron chi connectivity index (χ1n) is 6.05. The summed E-state index contributed by atoms with van der Waals surface area (Å²) in [6, 6.07) is 1.81. The van der Waals surface area contributed by atoms with Crippen LogP contribution in [0.25, 0.3) is 0 Å². The second kappa shape index (κ2) is 6.18. The summed E-state index contributed by atoms with van der Waals surface area (Å²) in [5.41, 5.74) is 4.70. The van der Waals surface area contributed by atoms with Crippen LogP contribution in [0.5, 0.6) is 0 Å². The van der Waals surface area contributed by atoms with Crippen molar-refractivity contribution in [2.45, 2.75) is 27.2 Å². The summed E-state index contributed by atoms with van der Waals surface area (Å²) in [4.78, 5) is 19.4. The third kappa shape index (κ3) is 4.20.